The number of rotatable bonds is 2. The van der Waals surface area contributed by atoms with Gasteiger partial charge in [0.1, 0.15) is 22.3 Å². The predicted molar refractivity (Wildman–Crippen MR) is 197 cm³/mol. The van der Waals surface area contributed by atoms with Crippen LogP contribution in [0.1, 0.15) is 0 Å². The number of para-hydroxylation sites is 2. The fourth-order valence-electron chi connectivity index (χ4n) is 7.78. The highest BCUT2D eigenvalue weighted by Gasteiger charge is 2.18. The molecule has 0 spiro atoms. The molecule has 222 valence electrons. The van der Waals surface area contributed by atoms with Gasteiger partial charge in [0.15, 0.2) is 0 Å². The maximum Gasteiger partial charge on any atom is 0.136 e. The van der Waals surface area contributed by atoms with Crippen molar-refractivity contribution in [2.45, 2.75) is 0 Å². The highest BCUT2D eigenvalue weighted by atomic mass is 16.3. The second-order valence-corrected chi connectivity index (χ2v) is 12.6. The molecule has 0 bridgehead atoms. The van der Waals surface area contributed by atoms with Crippen molar-refractivity contribution in [1.29, 1.82) is 0 Å². The second-order valence-electron chi connectivity index (χ2n) is 12.6. The van der Waals surface area contributed by atoms with Crippen molar-refractivity contribution < 1.29 is 8.83 Å². The SMILES string of the molecule is c1ccc2c(c1)oc1cc3c(cc12)c(-c1ccncc1)cc1cc2cc(-c4ccncc4)c4cc5c(cc4c2cc13)oc1ccccc15. The van der Waals surface area contributed by atoms with Crippen molar-refractivity contribution in [1.82, 2.24) is 9.97 Å². The highest BCUT2D eigenvalue weighted by Crippen LogP contribution is 2.44. The van der Waals surface area contributed by atoms with E-state index in [2.05, 4.69) is 107 Å². The van der Waals surface area contributed by atoms with E-state index in [-0.39, 0.29) is 0 Å². The van der Waals surface area contributed by atoms with Gasteiger partial charge in [-0.15, -0.1) is 0 Å². The van der Waals surface area contributed by atoms with E-state index in [1.54, 1.807) is 0 Å². The van der Waals surface area contributed by atoms with E-state index in [1.807, 2.05) is 49.1 Å². The Morgan fingerprint density at radius 1 is 0.312 bits per heavy atom. The Kier molecular flexibility index (Phi) is 5.08. The predicted octanol–water partition coefficient (Wildman–Crippen LogP) is 12.2. The summed E-state index contributed by atoms with van der Waals surface area (Å²) in [6.45, 7) is 0. The Balaban J connectivity index is 1.31. The van der Waals surface area contributed by atoms with E-state index in [9.17, 15) is 0 Å². The summed E-state index contributed by atoms with van der Waals surface area (Å²) in [5.74, 6) is 0. The molecule has 7 aromatic carbocycles. The molecule has 4 heteroatoms. The molecular formula is C44H24N2O2. The number of nitrogens with zero attached hydrogens (tertiary/aromatic N) is 2. The quantitative estimate of drug-likeness (QED) is 0.144. The zero-order valence-electron chi connectivity index (χ0n) is 25.6. The first-order valence-corrected chi connectivity index (χ1v) is 16.1. The smallest absolute Gasteiger partial charge is 0.136 e. The fourth-order valence-corrected chi connectivity index (χ4v) is 7.78. The Morgan fingerprint density at radius 3 is 1.23 bits per heavy atom. The van der Waals surface area contributed by atoms with Crippen LogP contribution in [-0.2, 0) is 0 Å². The van der Waals surface area contributed by atoms with E-state index in [0.717, 1.165) is 65.8 Å². The van der Waals surface area contributed by atoms with Crippen molar-refractivity contribution in [2.24, 2.45) is 0 Å². The number of furan rings is 2. The summed E-state index contributed by atoms with van der Waals surface area (Å²) in [4.78, 5) is 8.63. The van der Waals surface area contributed by atoms with Crippen LogP contribution in [0.5, 0.6) is 0 Å². The minimum Gasteiger partial charge on any atom is -0.456 e. The summed E-state index contributed by atoms with van der Waals surface area (Å²) in [6.07, 6.45) is 7.46. The number of pyridine rings is 2. The number of hydrogen-bond donors (Lipinski definition) is 0. The Bertz CT molecular complexity index is 2890. The largest absolute Gasteiger partial charge is 0.456 e. The third-order valence-electron chi connectivity index (χ3n) is 10.00. The first-order chi connectivity index (χ1) is 23.8. The van der Waals surface area contributed by atoms with Gasteiger partial charge in [-0.1, -0.05) is 36.4 Å². The van der Waals surface area contributed by atoms with Gasteiger partial charge in [0.05, 0.1) is 0 Å². The summed E-state index contributed by atoms with van der Waals surface area (Å²) in [7, 11) is 0. The minimum absolute atomic E-state index is 0.888. The number of aromatic nitrogens is 2. The van der Waals surface area contributed by atoms with Gasteiger partial charge in [-0.25, -0.2) is 0 Å². The van der Waals surface area contributed by atoms with Crippen molar-refractivity contribution >= 4 is 87.0 Å². The van der Waals surface area contributed by atoms with Crippen LogP contribution < -0.4 is 0 Å². The normalized spacial score (nSPS) is 12.2. The van der Waals surface area contributed by atoms with Gasteiger partial charge in [0, 0.05) is 46.3 Å². The molecule has 0 saturated carbocycles. The topological polar surface area (TPSA) is 52.1 Å². The molecule has 11 rings (SSSR count). The number of benzene rings is 7. The van der Waals surface area contributed by atoms with Crippen molar-refractivity contribution in [3.05, 3.63) is 146 Å². The van der Waals surface area contributed by atoms with Crippen LogP contribution in [0.4, 0.5) is 0 Å². The molecule has 0 aliphatic heterocycles. The van der Waals surface area contributed by atoms with Crippen LogP contribution >= 0.6 is 0 Å². The maximum absolute atomic E-state index is 6.43. The number of hydrogen-bond acceptors (Lipinski definition) is 4. The van der Waals surface area contributed by atoms with Crippen LogP contribution in [0, 0.1) is 0 Å². The molecule has 0 saturated heterocycles. The summed E-state index contributed by atoms with van der Waals surface area (Å²) in [6, 6.07) is 43.4. The lowest BCUT2D eigenvalue weighted by Gasteiger charge is -2.15. The molecule has 0 fully saturated rings. The lowest BCUT2D eigenvalue weighted by molar-refractivity contribution is 0.669. The average molecular weight is 613 g/mol. The molecule has 0 amide bonds. The summed E-state index contributed by atoms with van der Waals surface area (Å²) < 4.78 is 12.9. The summed E-state index contributed by atoms with van der Waals surface area (Å²) in [5.41, 5.74) is 8.17. The molecule has 4 nitrogen and oxygen atoms in total. The van der Waals surface area contributed by atoms with Gasteiger partial charge in [-0.3, -0.25) is 9.97 Å². The monoisotopic (exact) mass is 612 g/mol. The van der Waals surface area contributed by atoms with Gasteiger partial charge in [0.2, 0.25) is 0 Å². The molecule has 0 atom stereocenters. The maximum atomic E-state index is 6.43. The molecule has 0 radical (unpaired) electrons. The molecule has 4 aromatic heterocycles. The zero-order chi connectivity index (χ0) is 31.3. The van der Waals surface area contributed by atoms with Crippen LogP contribution in [0.3, 0.4) is 0 Å². The van der Waals surface area contributed by atoms with Crippen molar-refractivity contribution in [2.75, 3.05) is 0 Å². The lowest BCUT2D eigenvalue weighted by atomic mass is 9.88. The fraction of sp³-hybridized carbons (Fsp3) is 0. The second kappa shape index (κ2) is 9.50. The molecule has 0 N–H and O–H groups in total. The minimum atomic E-state index is 0.888. The molecule has 0 aliphatic rings. The average Bonchev–Trinajstić information content (AvgIpc) is 3.70. The summed E-state index contributed by atoms with van der Waals surface area (Å²) >= 11 is 0. The molecule has 0 aliphatic carbocycles. The highest BCUT2D eigenvalue weighted by molar-refractivity contribution is 6.26. The van der Waals surface area contributed by atoms with Crippen LogP contribution in [0.25, 0.3) is 109 Å². The Morgan fingerprint density at radius 2 is 0.750 bits per heavy atom. The van der Waals surface area contributed by atoms with Crippen LogP contribution in [0.2, 0.25) is 0 Å². The van der Waals surface area contributed by atoms with E-state index >= 15 is 0 Å². The summed E-state index contributed by atoms with van der Waals surface area (Å²) in [5, 5.41) is 13.9. The first kappa shape index (κ1) is 25.6. The van der Waals surface area contributed by atoms with E-state index in [0.29, 0.717) is 0 Å². The van der Waals surface area contributed by atoms with E-state index in [1.165, 1.54) is 43.4 Å². The third-order valence-corrected chi connectivity index (χ3v) is 10.00. The third kappa shape index (κ3) is 3.60. The Labute approximate surface area is 273 Å². The molecule has 48 heavy (non-hydrogen) atoms. The van der Waals surface area contributed by atoms with Crippen molar-refractivity contribution in [3.8, 4) is 22.3 Å². The first-order valence-electron chi connectivity index (χ1n) is 16.1. The lowest BCUT2D eigenvalue weighted by Crippen LogP contribution is -1.89. The van der Waals surface area contributed by atoms with Gasteiger partial charge in [-0.2, -0.15) is 0 Å². The molecule has 4 heterocycles. The van der Waals surface area contributed by atoms with Gasteiger partial charge in [-0.05, 0) is 150 Å². The molecule has 11 aromatic rings. The van der Waals surface area contributed by atoms with E-state index < -0.39 is 0 Å². The van der Waals surface area contributed by atoms with Crippen molar-refractivity contribution in [3.63, 3.8) is 0 Å². The van der Waals surface area contributed by atoms with Gasteiger partial charge >= 0.3 is 0 Å². The van der Waals surface area contributed by atoms with Gasteiger partial charge in [0.25, 0.3) is 0 Å². The van der Waals surface area contributed by atoms with Crippen LogP contribution in [0.15, 0.2) is 155 Å². The molecule has 0 unspecified atom stereocenters. The Hall–Kier alpha value is -6.52. The van der Waals surface area contributed by atoms with Crippen LogP contribution in [-0.4, -0.2) is 9.97 Å². The standard InChI is InChI=1S/C44H24N2O2/c1-3-7-41-29(5-1)39-21-35-31(25-9-13-45-14-10-25)18-27-17-28-19-32(26-11-15-46-16-12-26)36-22-40-30-6-2-4-8-42(30)48-44(40)24-38(36)34(28)20-33(27)37(35)23-43(39)47-41/h1-24H. The van der Waals surface area contributed by atoms with Gasteiger partial charge < -0.3 is 8.83 Å². The zero-order valence-corrected chi connectivity index (χ0v) is 25.6. The number of fused-ring (bicyclic) bond motifs is 12. The molecular weight excluding hydrogens is 588 g/mol. The van der Waals surface area contributed by atoms with E-state index in [4.69, 9.17) is 8.83 Å².